The third kappa shape index (κ3) is 2.01. The molecule has 0 N–H and O–H groups in total. The SMILES string of the molecule is [c]1ccccc1-c1c(-c2ccccc2)nc2ccccn12. The van der Waals surface area contributed by atoms with Crippen LogP contribution in [0.1, 0.15) is 0 Å². The fourth-order valence-corrected chi connectivity index (χ4v) is 2.59. The van der Waals surface area contributed by atoms with Crippen molar-refractivity contribution < 1.29 is 0 Å². The van der Waals surface area contributed by atoms with Crippen LogP contribution in [0.15, 0.2) is 79.0 Å². The molecule has 2 heterocycles. The van der Waals surface area contributed by atoms with Gasteiger partial charge in [-0.1, -0.05) is 60.7 Å². The molecule has 21 heavy (non-hydrogen) atoms. The van der Waals surface area contributed by atoms with Crippen LogP contribution in [0.4, 0.5) is 0 Å². The molecule has 0 spiro atoms. The van der Waals surface area contributed by atoms with Crippen LogP contribution in [-0.2, 0) is 0 Å². The summed E-state index contributed by atoms with van der Waals surface area (Å²) in [6.45, 7) is 0. The average molecular weight is 269 g/mol. The zero-order valence-corrected chi connectivity index (χ0v) is 11.4. The Hall–Kier alpha value is -2.87. The molecule has 1 radical (unpaired) electrons. The summed E-state index contributed by atoms with van der Waals surface area (Å²) in [5, 5.41) is 0. The molecule has 0 fully saturated rings. The third-order valence-electron chi connectivity index (χ3n) is 3.54. The van der Waals surface area contributed by atoms with Crippen LogP contribution in [0, 0.1) is 6.07 Å². The molecule has 0 saturated carbocycles. The van der Waals surface area contributed by atoms with Gasteiger partial charge in [-0.25, -0.2) is 4.98 Å². The fraction of sp³-hybridized carbons (Fsp3) is 0. The van der Waals surface area contributed by atoms with Gasteiger partial charge in [-0.3, -0.25) is 4.40 Å². The van der Waals surface area contributed by atoms with E-state index in [0.717, 1.165) is 28.2 Å². The summed E-state index contributed by atoms with van der Waals surface area (Å²) in [6.07, 6.45) is 2.05. The highest BCUT2D eigenvalue weighted by Crippen LogP contribution is 2.32. The van der Waals surface area contributed by atoms with Crippen LogP contribution in [-0.4, -0.2) is 9.38 Å². The van der Waals surface area contributed by atoms with Crippen molar-refractivity contribution in [2.75, 3.05) is 0 Å². The Bertz CT molecular complexity index is 877. The van der Waals surface area contributed by atoms with Crippen molar-refractivity contribution in [2.24, 2.45) is 0 Å². The maximum Gasteiger partial charge on any atom is 0.137 e. The summed E-state index contributed by atoms with van der Waals surface area (Å²) in [5.41, 5.74) is 5.19. The maximum absolute atomic E-state index is 4.80. The number of fused-ring (bicyclic) bond motifs is 1. The Kier molecular flexibility index (Phi) is 2.79. The molecule has 2 heteroatoms. The van der Waals surface area contributed by atoms with Gasteiger partial charge in [-0.2, -0.15) is 0 Å². The van der Waals surface area contributed by atoms with Crippen molar-refractivity contribution in [2.45, 2.75) is 0 Å². The number of pyridine rings is 1. The molecule has 4 rings (SSSR count). The zero-order chi connectivity index (χ0) is 14.1. The first-order valence-corrected chi connectivity index (χ1v) is 6.93. The van der Waals surface area contributed by atoms with Crippen LogP contribution in [0.2, 0.25) is 0 Å². The van der Waals surface area contributed by atoms with Crippen molar-refractivity contribution >= 4 is 5.65 Å². The van der Waals surface area contributed by atoms with E-state index in [1.54, 1.807) is 0 Å². The molecule has 2 aromatic heterocycles. The summed E-state index contributed by atoms with van der Waals surface area (Å²) in [4.78, 5) is 4.80. The average Bonchev–Trinajstić information content (AvgIpc) is 2.96. The number of hydrogen-bond acceptors (Lipinski definition) is 1. The van der Waals surface area contributed by atoms with Crippen LogP contribution >= 0.6 is 0 Å². The smallest absolute Gasteiger partial charge is 0.137 e. The predicted octanol–water partition coefficient (Wildman–Crippen LogP) is 4.47. The van der Waals surface area contributed by atoms with Gasteiger partial charge in [-0.15, -0.1) is 0 Å². The van der Waals surface area contributed by atoms with Crippen LogP contribution in [0.5, 0.6) is 0 Å². The topological polar surface area (TPSA) is 17.3 Å². The maximum atomic E-state index is 4.80. The second kappa shape index (κ2) is 4.91. The Labute approximate surface area is 123 Å². The van der Waals surface area contributed by atoms with Gasteiger partial charge in [0.15, 0.2) is 0 Å². The number of imidazole rings is 1. The van der Waals surface area contributed by atoms with Crippen LogP contribution in [0.3, 0.4) is 0 Å². The molecule has 0 unspecified atom stereocenters. The van der Waals surface area contributed by atoms with Crippen molar-refractivity contribution in [3.8, 4) is 22.5 Å². The number of benzene rings is 2. The minimum atomic E-state index is 0.948. The Morgan fingerprint density at radius 2 is 1.62 bits per heavy atom. The van der Waals surface area contributed by atoms with Gasteiger partial charge < -0.3 is 0 Å². The zero-order valence-electron chi connectivity index (χ0n) is 11.4. The summed E-state index contributed by atoms with van der Waals surface area (Å²) >= 11 is 0. The van der Waals surface area contributed by atoms with Crippen LogP contribution < -0.4 is 0 Å². The minimum Gasteiger partial charge on any atom is -0.299 e. The molecule has 2 aromatic carbocycles. The molecule has 99 valence electrons. The van der Waals surface area contributed by atoms with Gasteiger partial charge >= 0.3 is 0 Å². The van der Waals surface area contributed by atoms with Gasteiger partial charge in [0.1, 0.15) is 5.65 Å². The highest BCUT2D eigenvalue weighted by molar-refractivity contribution is 5.81. The summed E-state index contributed by atoms with van der Waals surface area (Å²) in [6, 6.07) is 27.7. The van der Waals surface area contributed by atoms with E-state index in [-0.39, 0.29) is 0 Å². The van der Waals surface area contributed by atoms with Crippen molar-refractivity contribution in [1.82, 2.24) is 9.38 Å². The lowest BCUT2D eigenvalue weighted by atomic mass is 10.1. The van der Waals surface area contributed by atoms with E-state index in [9.17, 15) is 0 Å². The molecule has 0 atom stereocenters. The van der Waals surface area contributed by atoms with Gasteiger partial charge in [0.05, 0.1) is 11.4 Å². The van der Waals surface area contributed by atoms with E-state index < -0.39 is 0 Å². The second-order valence-electron chi connectivity index (χ2n) is 4.88. The highest BCUT2D eigenvalue weighted by Gasteiger charge is 2.14. The molecule has 0 bridgehead atoms. The molecule has 0 aliphatic rings. The first-order valence-electron chi connectivity index (χ1n) is 6.93. The predicted molar refractivity (Wildman–Crippen MR) is 84.9 cm³/mol. The Morgan fingerprint density at radius 3 is 2.43 bits per heavy atom. The van der Waals surface area contributed by atoms with Gasteiger partial charge in [0.2, 0.25) is 0 Å². The normalized spacial score (nSPS) is 10.9. The van der Waals surface area contributed by atoms with E-state index in [0.29, 0.717) is 0 Å². The molecule has 0 aliphatic heterocycles. The van der Waals surface area contributed by atoms with E-state index >= 15 is 0 Å². The lowest BCUT2D eigenvalue weighted by molar-refractivity contribution is 1.19. The molecule has 2 nitrogen and oxygen atoms in total. The highest BCUT2D eigenvalue weighted by atomic mass is 15.0. The molecular weight excluding hydrogens is 256 g/mol. The van der Waals surface area contributed by atoms with Crippen LogP contribution in [0.25, 0.3) is 28.2 Å². The van der Waals surface area contributed by atoms with Gasteiger partial charge in [0.25, 0.3) is 0 Å². The Balaban J connectivity index is 2.07. The number of aromatic nitrogens is 2. The van der Waals surface area contributed by atoms with E-state index in [2.05, 4.69) is 28.7 Å². The van der Waals surface area contributed by atoms with Crippen molar-refractivity contribution in [1.29, 1.82) is 0 Å². The molecule has 4 aromatic rings. The fourth-order valence-electron chi connectivity index (χ4n) is 2.59. The largest absolute Gasteiger partial charge is 0.299 e. The van der Waals surface area contributed by atoms with E-state index in [1.165, 1.54) is 0 Å². The summed E-state index contributed by atoms with van der Waals surface area (Å²) < 4.78 is 2.12. The number of nitrogens with zero attached hydrogens (tertiary/aromatic N) is 2. The molecule has 0 saturated heterocycles. The van der Waals surface area contributed by atoms with E-state index in [4.69, 9.17) is 4.98 Å². The summed E-state index contributed by atoms with van der Waals surface area (Å²) in [7, 11) is 0. The van der Waals surface area contributed by atoms with Crippen molar-refractivity contribution in [3.05, 3.63) is 85.1 Å². The van der Waals surface area contributed by atoms with E-state index in [1.807, 2.05) is 60.8 Å². The second-order valence-corrected chi connectivity index (χ2v) is 4.88. The summed E-state index contributed by atoms with van der Waals surface area (Å²) in [5.74, 6) is 0. The lowest BCUT2D eigenvalue weighted by Gasteiger charge is -2.05. The lowest BCUT2D eigenvalue weighted by Crippen LogP contribution is -1.88. The quantitative estimate of drug-likeness (QED) is 0.525. The number of rotatable bonds is 2. The molecular formula is C19H13N2. The standard InChI is InChI=1S/C19H13N2/c1-3-9-15(10-4-1)18-19(16-11-5-2-6-12-16)21-14-8-7-13-17(21)20-18/h1-11,13-14H. The molecule has 0 aliphatic carbocycles. The monoisotopic (exact) mass is 269 g/mol. The number of hydrogen-bond donors (Lipinski definition) is 0. The first kappa shape index (κ1) is 11.9. The molecule has 0 amide bonds. The van der Waals surface area contributed by atoms with Gasteiger partial charge in [-0.05, 0) is 18.2 Å². The Morgan fingerprint density at radius 1 is 0.810 bits per heavy atom. The minimum absolute atomic E-state index is 0.948. The van der Waals surface area contributed by atoms with Crippen molar-refractivity contribution in [3.63, 3.8) is 0 Å². The first-order chi connectivity index (χ1) is 10.4. The van der Waals surface area contributed by atoms with Gasteiger partial charge in [0, 0.05) is 17.3 Å². The third-order valence-corrected chi connectivity index (χ3v) is 3.54.